The van der Waals surface area contributed by atoms with Gasteiger partial charge in [0, 0.05) is 45.0 Å². The van der Waals surface area contributed by atoms with Gasteiger partial charge in [0.1, 0.15) is 16.7 Å². The van der Waals surface area contributed by atoms with E-state index in [0.29, 0.717) is 6.54 Å². The maximum absolute atomic E-state index is 7.06. The Morgan fingerprint density at radius 2 is 1.21 bits per heavy atom. The van der Waals surface area contributed by atoms with Crippen molar-refractivity contribution in [1.82, 2.24) is 4.48 Å². The summed E-state index contributed by atoms with van der Waals surface area (Å²) in [6.45, 7) is 7.38. The molecule has 0 aliphatic carbocycles. The standard InChI is InChI=1S/C56H41BN2O2/c1-56(2,3)40-26-25-37(44(32-40)35-17-8-5-9-18-35)33-58-45-27-28-49-51(42-21-11-12-23-47(42)60-49)53(45)57-52-39(30-38(31-46(52)58)34-15-6-4-7-16-34)29-36-19-14-22-43-50-41-20-10-13-24-48(41)61-55(50)59(57)54(36)43/h4-28,30-32H,29,33H2,1-3H3. The predicted octanol–water partition coefficient (Wildman–Crippen LogP) is 13.3. The lowest BCUT2D eigenvalue weighted by atomic mass is 9.46. The van der Waals surface area contributed by atoms with Gasteiger partial charge in [-0.05, 0) is 97.6 Å². The highest BCUT2D eigenvalue weighted by Crippen LogP contribution is 2.46. The van der Waals surface area contributed by atoms with Crippen molar-refractivity contribution in [2.45, 2.75) is 39.2 Å². The Balaban J connectivity index is 1.17. The van der Waals surface area contributed by atoms with E-state index in [1.807, 2.05) is 0 Å². The molecule has 61 heavy (non-hydrogen) atoms. The Kier molecular flexibility index (Phi) is 7.17. The van der Waals surface area contributed by atoms with Crippen LogP contribution in [-0.2, 0) is 18.4 Å². The second kappa shape index (κ2) is 12.6. The summed E-state index contributed by atoms with van der Waals surface area (Å²) >= 11 is 0. The lowest BCUT2D eigenvalue weighted by Gasteiger charge is -2.39. The van der Waals surface area contributed by atoms with Crippen molar-refractivity contribution in [3.63, 3.8) is 0 Å². The summed E-state index contributed by atoms with van der Waals surface area (Å²) in [5.74, 6) is 0. The van der Waals surface area contributed by atoms with Crippen LogP contribution < -0.4 is 15.8 Å². The summed E-state index contributed by atoms with van der Waals surface area (Å²) in [7, 11) is 0. The molecule has 0 saturated heterocycles. The molecule has 5 heteroatoms. The zero-order valence-corrected chi connectivity index (χ0v) is 34.4. The molecule has 0 spiro atoms. The van der Waals surface area contributed by atoms with Crippen LogP contribution in [0.1, 0.15) is 43.0 Å². The van der Waals surface area contributed by atoms with Crippen molar-refractivity contribution in [3.8, 4) is 22.3 Å². The van der Waals surface area contributed by atoms with Gasteiger partial charge in [-0.15, -0.1) is 0 Å². The van der Waals surface area contributed by atoms with Crippen LogP contribution in [0.15, 0.2) is 179 Å². The minimum atomic E-state index is -0.202. The molecular formula is C56H41BN2O2. The molecule has 0 unspecified atom stereocenters. The van der Waals surface area contributed by atoms with Gasteiger partial charge in [0.2, 0.25) is 0 Å². The Morgan fingerprint density at radius 1 is 0.525 bits per heavy atom. The van der Waals surface area contributed by atoms with Gasteiger partial charge in [0.05, 0.1) is 5.39 Å². The minimum absolute atomic E-state index is 0.00137. The number of rotatable bonds is 4. The molecule has 0 bridgehead atoms. The summed E-state index contributed by atoms with van der Waals surface area (Å²) in [4.78, 5) is 2.61. The number of hydrogen-bond donors (Lipinski definition) is 0. The molecule has 0 amide bonds. The monoisotopic (exact) mass is 784 g/mol. The maximum Gasteiger partial charge on any atom is 0.336 e. The fourth-order valence-corrected chi connectivity index (χ4v) is 10.7. The molecule has 8 aromatic carbocycles. The first-order valence-electron chi connectivity index (χ1n) is 21.4. The molecular weight excluding hydrogens is 743 g/mol. The molecule has 2 aliphatic rings. The van der Waals surface area contributed by atoms with E-state index in [4.69, 9.17) is 8.83 Å². The number of furan rings is 2. The van der Waals surface area contributed by atoms with E-state index in [1.165, 1.54) is 83.1 Å². The van der Waals surface area contributed by atoms with Gasteiger partial charge in [0.25, 0.3) is 0 Å². The first kappa shape index (κ1) is 34.6. The summed E-state index contributed by atoms with van der Waals surface area (Å²) in [6, 6.07) is 62.3. The molecule has 3 aromatic heterocycles. The van der Waals surface area contributed by atoms with Gasteiger partial charge in [-0.2, -0.15) is 0 Å². The molecule has 0 radical (unpaired) electrons. The topological polar surface area (TPSA) is 34.5 Å². The lowest BCUT2D eigenvalue weighted by molar-refractivity contribution is 0.590. The molecule has 0 saturated carbocycles. The van der Waals surface area contributed by atoms with Crippen LogP contribution in [0.25, 0.3) is 77.2 Å². The highest BCUT2D eigenvalue weighted by atomic mass is 16.3. The average molecular weight is 785 g/mol. The smallest absolute Gasteiger partial charge is 0.336 e. The second-order valence-electron chi connectivity index (χ2n) is 18.0. The van der Waals surface area contributed by atoms with Gasteiger partial charge in [-0.3, -0.25) is 0 Å². The van der Waals surface area contributed by atoms with Crippen LogP contribution in [0.2, 0.25) is 0 Å². The van der Waals surface area contributed by atoms with Crippen LogP contribution in [0, 0.1) is 0 Å². The molecule has 0 fully saturated rings. The first-order chi connectivity index (χ1) is 29.9. The largest absolute Gasteiger partial charge is 0.456 e. The Labute approximate surface area is 354 Å². The van der Waals surface area contributed by atoms with Gasteiger partial charge in [-0.25, -0.2) is 0 Å². The van der Waals surface area contributed by atoms with Crippen LogP contribution in [0.3, 0.4) is 0 Å². The van der Waals surface area contributed by atoms with Gasteiger partial charge >= 0.3 is 6.85 Å². The molecule has 0 N–H and O–H groups in total. The third kappa shape index (κ3) is 5.01. The van der Waals surface area contributed by atoms with Crippen molar-refractivity contribution >= 4 is 84.1 Å². The van der Waals surface area contributed by atoms with Gasteiger partial charge < -0.3 is 18.2 Å². The van der Waals surface area contributed by atoms with E-state index in [9.17, 15) is 0 Å². The van der Waals surface area contributed by atoms with Crippen LogP contribution in [0.4, 0.5) is 11.4 Å². The zero-order chi connectivity index (χ0) is 40.6. The van der Waals surface area contributed by atoms with Crippen molar-refractivity contribution in [2.75, 3.05) is 4.90 Å². The number of aromatic nitrogens is 1. The number of para-hydroxylation sites is 3. The van der Waals surface area contributed by atoms with E-state index < -0.39 is 0 Å². The van der Waals surface area contributed by atoms with E-state index in [1.54, 1.807) is 0 Å². The van der Waals surface area contributed by atoms with E-state index in [0.717, 1.165) is 45.0 Å². The van der Waals surface area contributed by atoms with Gasteiger partial charge in [-0.1, -0.05) is 160 Å². The fourth-order valence-electron chi connectivity index (χ4n) is 10.7. The minimum Gasteiger partial charge on any atom is -0.456 e. The summed E-state index contributed by atoms with van der Waals surface area (Å²) in [5.41, 5.74) is 20.0. The fraction of sp³-hybridized carbons (Fsp3) is 0.107. The summed E-state index contributed by atoms with van der Waals surface area (Å²) in [6.07, 6.45) is 0.794. The van der Waals surface area contributed by atoms with Crippen LogP contribution >= 0.6 is 0 Å². The third-order valence-electron chi connectivity index (χ3n) is 13.5. The number of hydrogen-bond acceptors (Lipinski definition) is 3. The predicted molar refractivity (Wildman–Crippen MR) is 254 cm³/mol. The number of fused-ring (bicyclic) bond motifs is 12. The molecule has 5 heterocycles. The highest BCUT2D eigenvalue weighted by molar-refractivity contribution is 6.90. The lowest BCUT2D eigenvalue weighted by Crippen LogP contribution is -2.56. The number of benzene rings is 8. The number of anilines is 2. The summed E-state index contributed by atoms with van der Waals surface area (Å²) < 4.78 is 16.4. The van der Waals surface area contributed by atoms with Crippen molar-refractivity contribution in [2.24, 2.45) is 0 Å². The third-order valence-corrected chi connectivity index (χ3v) is 13.5. The van der Waals surface area contributed by atoms with Crippen molar-refractivity contribution in [1.29, 1.82) is 0 Å². The maximum atomic E-state index is 7.06. The highest BCUT2D eigenvalue weighted by Gasteiger charge is 2.44. The molecule has 13 rings (SSSR count). The SMILES string of the molecule is CC(C)(C)c1ccc(CN2c3cc(-c4ccccc4)cc4c3B(c3c2ccc2oc5ccccc5c32)n2c3oc5ccccc5c3c3cccc(c32)C4)c(-c2ccccc2)c1. The van der Waals surface area contributed by atoms with E-state index >= 15 is 0 Å². The summed E-state index contributed by atoms with van der Waals surface area (Å²) in [5, 5.41) is 5.84. The first-order valence-corrected chi connectivity index (χ1v) is 21.4. The van der Waals surface area contributed by atoms with E-state index in [-0.39, 0.29) is 12.3 Å². The van der Waals surface area contributed by atoms with Gasteiger partial charge in [0.15, 0.2) is 5.71 Å². The Morgan fingerprint density at radius 3 is 1.98 bits per heavy atom. The van der Waals surface area contributed by atoms with E-state index in [2.05, 4.69) is 200 Å². The number of nitrogens with zero attached hydrogens (tertiary/aromatic N) is 2. The van der Waals surface area contributed by atoms with Crippen LogP contribution in [-0.4, -0.2) is 11.3 Å². The normalized spacial score (nSPS) is 13.4. The molecule has 4 nitrogen and oxygen atoms in total. The second-order valence-corrected chi connectivity index (χ2v) is 18.0. The zero-order valence-electron chi connectivity index (χ0n) is 34.4. The molecule has 11 aromatic rings. The molecule has 0 atom stereocenters. The molecule has 290 valence electrons. The average Bonchev–Trinajstić information content (AvgIpc) is 3.93. The quantitative estimate of drug-likeness (QED) is 0.167. The molecule has 2 aliphatic heterocycles. The van der Waals surface area contributed by atoms with Crippen molar-refractivity contribution in [3.05, 3.63) is 192 Å². The Hall–Kier alpha value is -7.24. The Bertz CT molecular complexity index is 3590. The van der Waals surface area contributed by atoms with Crippen LogP contribution in [0.5, 0.6) is 0 Å². The van der Waals surface area contributed by atoms with Crippen molar-refractivity contribution < 1.29 is 8.83 Å².